The number of hydrogen-bond acceptors (Lipinski definition) is 5. The van der Waals surface area contributed by atoms with Crippen LogP contribution in [0.2, 0.25) is 0 Å². The summed E-state index contributed by atoms with van der Waals surface area (Å²) in [7, 11) is 1.58. The van der Waals surface area contributed by atoms with Gasteiger partial charge in [0.15, 0.2) is 0 Å². The predicted molar refractivity (Wildman–Crippen MR) is 112 cm³/mol. The van der Waals surface area contributed by atoms with E-state index in [-0.39, 0.29) is 34.1 Å². The molecule has 1 aliphatic heterocycles. The minimum Gasteiger partial charge on any atom is -0.385 e. The number of nitrogens with one attached hydrogen (secondary N) is 1. The fraction of sp³-hybridized carbons (Fsp3) is 0.565. The number of fused-ring (bicyclic) bond motifs is 3. The molecule has 0 unspecified atom stereocenters. The quantitative estimate of drug-likeness (QED) is 0.442. The van der Waals surface area contributed by atoms with E-state index < -0.39 is 0 Å². The molecule has 0 aromatic heterocycles. The SMILES string of the molecule is COCCCN1C(=O)c2ccc(C(=O)N/N=C3/C[C@@H]4CC[C@]3(C)C4(C)C)cc2C1=O. The maximum atomic E-state index is 12.7. The molecule has 160 valence electrons. The second kappa shape index (κ2) is 7.30. The van der Waals surface area contributed by atoms with E-state index in [1.54, 1.807) is 19.2 Å². The number of hydrogen-bond donors (Lipinski definition) is 1. The molecule has 2 saturated carbocycles. The van der Waals surface area contributed by atoms with Crippen LogP contribution in [-0.2, 0) is 4.74 Å². The Labute approximate surface area is 176 Å². The summed E-state index contributed by atoms with van der Waals surface area (Å²) in [5.74, 6) is -0.455. The van der Waals surface area contributed by atoms with Gasteiger partial charge in [0.1, 0.15) is 0 Å². The topological polar surface area (TPSA) is 88.1 Å². The third kappa shape index (κ3) is 2.98. The third-order valence-corrected chi connectivity index (χ3v) is 7.77. The average Bonchev–Trinajstić information content (AvgIpc) is 3.18. The molecule has 7 heteroatoms. The van der Waals surface area contributed by atoms with Gasteiger partial charge in [-0.05, 0) is 55.2 Å². The summed E-state index contributed by atoms with van der Waals surface area (Å²) >= 11 is 0. The fourth-order valence-corrected chi connectivity index (χ4v) is 5.28. The average molecular weight is 412 g/mol. The number of imide groups is 1. The standard InChI is InChI=1S/C23H29N3O4/c1-22(2)15-8-9-23(22,3)18(13-15)24-25-19(27)14-6-7-16-17(12-14)21(29)26(20(16)28)10-5-11-30-4/h6-7,12,15H,5,8-11,13H2,1-4H3,(H,25,27)/b24-18-/t15-,23-/m0/s1. The van der Waals surface area contributed by atoms with Crippen molar-refractivity contribution in [2.24, 2.45) is 21.8 Å². The van der Waals surface area contributed by atoms with Crippen LogP contribution in [0.1, 0.15) is 77.5 Å². The first-order chi connectivity index (χ1) is 14.2. The molecule has 30 heavy (non-hydrogen) atoms. The van der Waals surface area contributed by atoms with Crippen LogP contribution < -0.4 is 5.43 Å². The minimum atomic E-state index is -0.368. The molecule has 2 aliphatic carbocycles. The first-order valence-electron chi connectivity index (χ1n) is 10.6. The summed E-state index contributed by atoms with van der Waals surface area (Å²) in [5, 5.41) is 4.48. The van der Waals surface area contributed by atoms with Crippen molar-refractivity contribution >= 4 is 23.4 Å². The van der Waals surface area contributed by atoms with E-state index in [2.05, 4.69) is 31.3 Å². The van der Waals surface area contributed by atoms with Crippen molar-refractivity contribution in [3.05, 3.63) is 34.9 Å². The Bertz CT molecular complexity index is 952. The van der Waals surface area contributed by atoms with Crippen LogP contribution in [0.15, 0.2) is 23.3 Å². The number of rotatable bonds is 6. The molecule has 1 heterocycles. The summed E-state index contributed by atoms with van der Waals surface area (Å²) in [4.78, 5) is 39.1. The van der Waals surface area contributed by atoms with Crippen LogP contribution >= 0.6 is 0 Å². The Balaban J connectivity index is 1.49. The zero-order chi connectivity index (χ0) is 21.7. The molecule has 0 radical (unpaired) electrons. The highest BCUT2D eigenvalue weighted by atomic mass is 16.5. The molecule has 2 fully saturated rings. The number of carbonyl (C=O) groups excluding carboxylic acids is 3. The molecule has 2 bridgehead atoms. The maximum Gasteiger partial charge on any atom is 0.271 e. The lowest BCUT2D eigenvalue weighted by molar-refractivity contribution is 0.0638. The van der Waals surface area contributed by atoms with E-state index in [0.717, 1.165) is 18.6 Å². The van der Waals surface area contributed by atoms with Gasteiger partial charge < -0.3 is 4.74 Å². The lowest BCUT2D eigenvalue weighted by atomic mass is 9.70. The number of benzene rings is 1. The van der Waals surface area contributed by atoms with E-state index in [4.69, 9.17) is 4.74 Å². The van der Waals surface area contributed by atoms with E-state index in [9.17, 15) is 14.4 Å². The predicted octanol–water partition coefficient (Wildman–Crippen LogP) is 3.25. The zero-order valence-electron chi connectivity index (χ0n) is 18.1. The maximum absolute atomic E-state index is 12.7. The number of amides is 3. The van der Waals surface area contributed by atoms with Crippen molar-refractivity contribution in [2.75, 3.05) is 20.3 Å². The molecule has 3 aliphatic rings. The lowest BCUT2D eigenvalue weighted by Gasteiger charge is -2.34. The van der Waals surface area contributed by atoms with Crippen molar-refractivity contribution in [3.63, 3.8) is 0 Å². The van der Waals surface area contributed by atoms with Crippen LogP contribution in [0.25, 0.3) is 0 Å². The lowest BCUT2D eigenvalue weighted by Crippen LogP contribution is -2.34. The van der Waals surface area contributed by atoms with Gasteiger partial charge in [-0.1, -0.05) is 20.8 Å². The number of ether oxygens (including phenoxy) is 1. The van der Waals surface area contributed by atoms with Crippen molar-refractivity contribution < 1.29 is 19.1 Å². The van der Waals surface area contributed by atoms with Gasteiger partial charge in [0.25, 0.3) is 17.7 Å². The minimum absolute atomic E-state index is 0.00791. The molecule has 0 spiro atoms. The van der Waals surface area contributed by atoms with Gasteiger partial charge >= 0.3 is 0 Å². The summed E-state index contributed by atoms with van der Waals surface area (Å²) in [5.41, 5.74) is 4.85. The summed E-state index contributed by atoms with van der Waals surface area (Å²) < 4.78 is 4.99. The molecular formula is C23H29N3O4. The monoisotopic (exact) mass is 411 g/mol. The Hall–Kier alpha value is -2.54. The van der Waals surface area contributed by atoms with E-state index in [1.165, 1.54) is 17.4 Å². The number of methoxy groups -OCH3 is 1. The molecule has 7 nitrogen and oxygen atoms in total. The van der Waals surface area contributed by atoms with Gasteiger partial charge in [-0.2, -0.15) is 5.10 Å². The Morgan fingerprint density at radius 2 is 1.97 bits per heavy atom. The first-order valence-corrected chi connectivity index (χ1v) is 10.6. The highest BCUT2D eigenvalue weighted by molar-refractivity contribution is 6.22. The van der Waals surface area contributed by atoms with Crippen molar-refractivity contribution in [2.45, 2.75) is 46.5 Å². The molecule has 2 atom stereocenters. The van der Waals surface area contributed by atoms with Gasteiger partial charge in [-0.3, -0.25) is 19.3 Å². The van der Waals surface area contributed by atoms with Crippen LogP contribution in [0.5, 0.6) is 0 Å². The third-order valence-electron chi connectivity index (χ3n) is 7.77. The normalized spacial score (nSPS) is 27.8. The molecule has 3 amide bonds. The molecular weight excluding hydrogens is 382 g/mol. The van der Waals surface area contributed by atoms with Crippen LogP contribution in [-0.4, -0.2) is 48.6 Å². The zero-order valence-corrected chi connectivity index (χ0v) is 18.1. The smallest absolute Gasteiger partial charge is 0.271 e. The Kier molecular flexibility index (Phi) is 5.04. The highest BCUT2D eigenvalue weighted by Crippen LogP contribution is 2.63. The Morgan fingerprint density at radius 3 is 2.60 bits per heavy atom. The Morgan fingerprint density at radius 1 is 1.23 bits per heavy atom. The molecule has 0 saturated heterocycles. The van der Waals surface area contributed by atoms with E-state index >= 15 is 0 Å². The molecule has 1 aromatic rings. The fourth-order valence-electron chi connectivity index (χ4n) is 5.28. The summed E-state index contributed by atoms with van der Waals surface area (Å²) in [6, 6.07) is 4.62. The van der Waals surface area contributed by atoms with Crippen molar-refractivity contribution in [3.8, 4) is 0 Å². The number of hydrazone groups is 1. The van der Waals surface area contributed by atoms with Crippen molar-refractivity contribution in [1.29, 1.82) is 0 Å². The van der Waals surface area contributed by atoms with Gasteiger partial charge in [0, 0.05) is 37.0 Å². The highest BCUT2D eigenvalue weighted by Gasteiger charge is 2.60. The van der Waals surface area contributed by atoms with Crippen molar-refractivity contribution in [1.82, 2.24) is 10.3 Å². The largest absolute Gasteiger partial charge is 0.385 e. The molecule has 4 rings (SSSR count). The van der Waals surface area contributed by atoms with Crippen LogP contribution in [0, 0.1) is 16.7 Å². The van der Waals surface area contributed by atoms with Gasteiger partial charge in [0.2, 0.25) is 0 Å². The van der Waals surface area contributed by atoms with Gasteiger partial charge in [0.05, 0.1) is 11.1 Å². The summed E-state index contributed by atoms with van der Waals surface area (Å²) in [6.45, 7) is 7.58. The first kappa shape index (κ1) is 20.7. The molecule has 1 N–H and O–H groups in total. The number of carbonyl (C=O) groups is 3. The van der Waals surface area contributed by atoms with Crippen LogP contribution in [0.4, 0.5) is 0 Å². The van der Waals surface area contributed by atoms with E-state index in [0.29, 0.717) is 36.6 Å². The van der Waals surface area contributed by atoms with Gasteiger partial charge in [-0.15, -0.1) is 0 Å². The second-order valence-corrected chi connectivity index (χ2v) is 9.36. The second-order valence-electron chi connectivity index (χ2n) is 9.36. The van der Waals surface area contributed by atoms with Crippen LogP contribution in [0.3, 0.4) is 0 Å². The molecule has 1 aromatic carbocycles. The summed E-state index contributed by atoms with van der Waals surface area (Å²) in [6.07, 6.45) is 3.78. The van der Waals surface area contributed by atoms with Gasteiger partial charge in [-0.25, -0.2) is 5.43 Å². The van der Waals surface area contributed by atoms with E-state index in [1.807, 2.05) is 0 Å². The number of nitrogens with zero attached hydrogens (tertiary/aromatic N) is 2.